The lowest BCUT2D eigenvalue weighted by Gasteiger charge is -2.20. The Kier molecular flexibility index (Phi) is 5.55. The Bertz CT molecular complexity index is 434. The molecule has 0 aliphatic heterocycles. The second-order valence-corrected chi connectivity index (χ2v) is 4.68. The molecule has 1 heterocycles. The van der Waals surface area contributed by atoms with Gasteiger partial charge in [-0.3, -0.25) is 0 Å². The van der Waals surface area contributed by atoms with Crippen LogP contribution in [0.3, 0.4) is 0 Å². The van der Waals surface area contributed by atoms with Gasteiger partial charge in [0.25, 0.3) is 0 Å². The summed E-state index contributed by atoms with van der Waals surface area (Å²) in [6.45, 7) is 4.73. The molecule has 114 valence electrons. The highest BCUT2D eigenvalue weighted by Crippen LogP contribution is 2.28. The SMILES string of the molecule is CCNc1cc(NCC(C)N(C)C)nc(C(F)(F)F)n1. The third kappa shape index (κ3) is 4.84. The highest BCUT2D eigenvalue weighted by atomic mass is 19.4. The summed E-state index contributed by atoms with van der Waals surface area (Å²) in [6.07, 6.45) is -4.56. The number of anilines is 2. The molecule has 1 unspecified atom stereocenters. The van der Waals surface area contributed by atoms with Gasteiger partial charge >= 0.3 is 6.18 Å². The molecule has 5 nitrogen and oxygen atoms in total. The van der Waals surface area contributed by atoms with E-state index < -0.39 is 12.0 Å². The van der Waals surface area contributed by atoms with Crippen molar-refractivity contribution in [2.75, 3.05) is 37.8 Å². The van der Waals surface area contributed by atoms with Crippen LogP contribution in [0.15, 0.2) is 6.07 Å². The minimum Gasteiger partial charge on any atom is -0.370 e. The molecule has 0 fully saturated rings. The molecule has 1 aromatic rings. The van der Waals surface area contributed by atoms with Crippen molar-refractivity contribution in [3.63, 3.8) is 0 Å². The van der Waals surface area contributed by atoms with Gasteiger partial charge in [0.1, 0.15) is 11.6 Å². The van der Waals surface area contributed by atoms with E-state index in [0.29, 0.717) is 13.1 Å². The Balaban J connectivity index is 2.91. The minimum absolute atomic E-state index is 0.162. The maximum absolute atomic E-state index is 12.7. The number of aromatic nitrogens is 2. The van der Waals surface area contributed by atoms with Gasteiger partial charge in [-0.1, -0.05) is 0 Å². The van der Waals surface area contributed by atoms with E-state index in [0.717, 1.165) is 0 Å². The number of alkyl halides is 3. The molecule has 0 radical (unpaired) electrons. The van der Waals surface area contributed by atoms with Crippen LogP contribution in [0.25, 0.3) is 0 Å². The topological polar surface area (TPSA) is 53.1 Å². The van der Waals surface area contributed by atoms with E-state index in [1.54, 1.807) is 6.92 Å². The van der Waals surface area contributed by atoms with E-state index in [2.05, 4.69) is 20.6 Å². The van der Waals surface area contributed by atoms with Gasteiger partial charge in [-0.05, 0) is 27.9 Å². The molecule has 0 saturated carbocycles. The van der Waals surface area contributed by atoms with Crippen LogP contribution in [0.2, 0.25) is 0 Å². The lowest BCUT2D eigenvalue weighted by atomic mass is 10.3. The zero-order chi connectivity index (χ0) is 15.3. The van der Waals surface area contributed by atoms with Crippen molar-refractivity contribution in [3.05, 3.63) is 11.9 Å². The number of likely N-dealkylation sites (N-methyl/N-ethyl adjacent to an activating group) is 1. The quantitative estimate of drug-likeness (QED) is 0.842. The zero-order valence-electron chi connectivity index (χ0n) is 12.0. The first-order chi connectivity index (χ1) is 9.24. The van der Waals surface area contributed by atoms with Crippen LogP contribution >= 0.6 is 0 Å². The van der Waals surface area contributed by atoms with Crippen molar-refractivity contribution in [2.45, 2.75) is 26.1 Å². The van der Waals surface area contributed by atoms with Gasteiger partial charge in [-0.15, -0.1) is 0 Å². The van der Waals surface area contributed by atoms with Gasteiger partial charge in [-0.2, -0.15) is 13.2 Å². The Labute approximate surface area is 116 Å². The molecule has 1 atom stereocenters. The number of rotatable bonds is 6. The average molecular weight is 291 g/mol. The van der Waals surface area contributed by atoms with Crippen molar-refractivity contribution in [2.24, 2.45) is 0 Å². The smallest absolute Gasteiger partial charge is 0.370 e. The van der Waals surface area contributed by atoms with Crippen LogP contribution < -0.4 is 10.6 Å². The van der Waals surface area contributed by atoms with Crippen LogP contribution in [0.1, 0.15) is 19.7 Å². The maximum Gasteiger partial charge on any atom is 0.451 e. The molecule has 20 heavy (non-hydrogen) atoms. The molecule has 2 N–H and O–H groups in total. The van der Waals surface area contributed by atoms with E-state index >= 15 is 0 Å². The van der Waals surface area contributed by atoms with E-state index in [1.165, 1.54) is 6.07 Å². The second-order valence-electron chi connectivity index (χ2n) is 4.68. The number of halogens is 3. The number of hydrogen-bond acceptors (Lipinski definition) is 5. The van der Waals surface area contributed by atoms with Gasteiger partial charge in [0.2, 0.25) is 5.82 Å². The summed E-state index contributed by atoms with van der Waals surface area (Å²) in [6, 6.07) is 1.64. The Hall–Kier alpha value is -1.57. The summed E-state index contributed by atoms with van der Waals surface area (Å²) in [5.41, 5.74) is 0. The first kappa shape index (κ1) is 16.5. The minimum atomic E-state index is -4.56. The molecular formula is C12H20F3N5. The molecule has 1 aromatic heterocycles. The van der Waals surface area contributed by atoms with Gasteiger partial charge < -0.3 is 15.5 Å². The van der Waals surface area contributed by atoms with Gasteiger partial charge in [0.05, 0.1) is 0 Å². The van der Waals surface area contributed by atoms with Crippen molar-refractivity contribution in [1.82, 2.24) is 14.9 Å². The van der Waals surface area contributed by atoms with Crippen molar-refractivity contribution in [3.8, 4) is 0 Å². The fraction of sp³-hybridized carbons (Fsp3) is 0.667. The lowest BCUT2D eigenvalue weighted by molar-refractivity contribution is -0.144. The molecule has 0 aliphatic carbocycles. The highest BCUT2D eigenvalue weighted by Gasteiger charge is 2.35. The number of nitrogens with zero attached hydrogens (tertiary/aromatic N) is 3. The van der Waals surface area contributed by atoms with Crippen LogP contribution in [0.5, 0.6) is 0 Å². The number of hydrogen-bond donors (Lipinski definition) is 2. The largest absolute Gasteiger partial charge is 0.451 e. The van der Waals surface area contributed by atoms with Crippen LogP contribution in [0, 0.1) is 0 Å². The fourth-order valence-electron chi connectivity index (χ4n) is 1.37. The van der Waals surface area contributed by atoms with E-state index in [9.17, 15) is 13.2 Å². The molecule has 0 amide bonds. The Morgan fingerprint density at radius 1 is 1.20 bits per heavy atom. The molecule has 1 rings (SSSR count). The normalized spacial score (nSPS) is 13.4. The standard InChI is InChI=1S/C12H20F3N5/c1-5-16-9-6-10(17-7-8(2)20(3)4)19-11(18-9)12(13,14)15/h6,8H,5,7H2,1-4H3,(H2,16,17,18,19). The first-order valence-electron chi connectivity index (χ1n) is 6.34. The van der Waals surface area contributed by atoms with Crippen molar-refractivity contribution < 1.29 is 13.2 Å². The third-order valence-electron chi connectivity index (χ3n) is 2.80. The molecule has 8 heteroatoms. The van der Waals surface area contributed by atoms with Crippen molar-refractivity contribution in [1.29, 1.82) is 0 Å². The Morgan fingerprint density at radius 2 is 1.75 bits per heavy atom. The summed E-state index contributed by atoms with van der Waals surface area (Å²) in [4.78, 5) is 8.93. The van der Waals surface area contributed by atoms with E-state index in [-0.39, 0.29) is 17.7 Å². The monoisotopic (exact) mass is 291 g/mol. The first-order valence-corrected chi connectivity index (χ1v) is 6.34. The van der Waals surface area contributed by atoms with Crippen LogP contribution in [0.4, 0.5) is 24.8 Å². The molecule has 0 aliphatic rings. The molecule has 0 spiro atoms. The molecule has 0 bridgehead atoms. The lowest BCUT2D eigenvalue weighted by Crippen LogP contribution is -2.31. The predicted octanol–water partition coefficient (Wildman–Crippen LogP) is 2.29. The van der Waals surface area contributed by atoms with E-state index in [4.69, 9.17) is 0 Å². The summed E-state index contributed by atoms with van der Waals surface area (Å²) >= 11 is 0. The molecular weight excluding hydrogens is 271 g/mol. The summed E-state index contributed by atoms with van der Waals surface area (Å²) < 4.78 is 38.2. The maximum atomic E-state index is 12.7. The zero-order valence-corrected chi connectivity index (χ0v) is 12.0. The molecule has 0 aromatic carbocycles. The van der Waals surface area contributed by atoms with E-state index in [1.807, 2.05) is 25.9 Å². The summed E-state index contributed by atoms with van der Waals surface area (Å²) in [5.74, 6) is -0.817. The predicted molar refractivity (Wildman–Crippen MR) is 72.8 cm³/mol. The van der Waals surface area contributed by atoms with Gasteiger partial charge in [0.15, 0.2) is 0 Å². The summed E-state index contributed by atoms with van der Waals surface area (Å²) in [5, 5.41) is 5.67. The average Bonchev–Trinajstić information content (AvgIpc) is 2.35. The fourth-order valence-corrected chi connectivity index (χ4v) is 1.37. The van der Waals surface area contributed by atoms with Crippen LogP contribution in [-0.2, 0) is 6.18 Å². The van der Waals surface area contributed by atoms with Crippen LogP contribution in [-0.4, -0.2) is 48.1 Å². The molecule has 0 saturated heterocycles. The Morgan fingerprint density at radius 3 is 2.20 bits per heavy atom. The van der Waals surface area contributed by atoms with Gasteiger partial charge in [-0.25, -0.2) is 9.97 Å². The van der Waals surface area contributed by atoms with Gasteiger partial charge in [0, 0.05) is 25.2 Å². The third-order valence-corrected chi connectivity index (χ3v) is 2.80. The second kappa shape index (κ2) is 6.74. The highest BCUT2D eigenvalue weighted by molar-refractivity contribution is 5.47. The van der Waals surface area contributed by atoms with Crippen molar-refractivity contribution >= 4 is 11.6 Å². The number of nitrogens with one attached hydrogen (secondary N) is 2. The summed E-state index contributed by atoms with van der Waals surface area (Å²) in [7, 11) is 3.80.